The zero-order chi connectivity index (χ0) is 0. The second kappa shape index (κ2) is 307. The van der Waals surface area contributed by atoms with Gasteiger partial charge in [-0.1, -0.05) is 0 Å². The van der Waals surface area contributed by atoms with Crippen LogP contribution in [-0.2, 0) is 21.1 Å². The summed E-state index contributed by atoms with van der Waals surface area (Å²) in [5.41, 5.74) is 0. The first-order valence-corrected chi connectivity index (χ1v) is 0. The van der Waals surface area contributed by atoms with Crippen LogP contribution in [-0.4, -0.2) is 0 Å². The second-order valence-electron chi connectivity index (χ2n) is 0. The van der Waals surface area contributed by atoms with Crippen LogP contribution in [0.2, 0.25) is 0 Å². The van der Waals surface area contributed by atoms with E-state index < -0.39 is 0 Å². The van der Waals surface area contributed by atoms with E-state index in [0.29, 0.717) is 0 Å². The SMILES string of the molecule is [F-].[F-].[F-].[F-].[Mo+4]. The zero-order valence-electron chi connectivity index (χ0n) is 1.92. The Morgan fingerprint density at radius 2 is 0.400 bits per heavy atom. The van der Waals surface area contributed by atoms with Crippen molar-refractivity contribution in [2.24, 2.45) is 0 Å². The van der Waals surface area contributed by atoms with E-state index in [9.17, 15) is 0 Å². The molecule has 0 aromatic rings. The van der Waals surface area contributed by atoms with Gasteiger partial charge in [0, 0.05) is 0 Å². The molecule has 0 radical (unpaired) electrons. The normalized spacial score (nSPS) is 0. The summed E-state index contributed by atoms with van der Waals surface area (Å²) in [6.45, 7) is 0. The Hall–Kier alpha value is 0.408. The summed E-state index contributed by atoms with van der Waals surface area (Å²) >= 11 is 0. The smallest absolute Gasteiger partial charge is 1.00 e. The summed E-state index contributed by atoms with van der Waals surface area (Å²) in [6.07, 6.45) is 0. The molecule has 0 bridgehead atoms. The summed E-state index contributed by atoms with van der Waals surface area (Å²) in [5.74, 6) is 0. The maximum absolute atomic E-state index is 0. The van der Waals surface area contributed by atoms with Crippen molar-refractivity contribution in [3.8, 4) is 0 Å². The molecule has 0 spiro atoms. The van der Waals surface area contributed by atoms with Crippen molar-refractivity contribution in [1.82, 2.24) is 0 Å². The van der Waals surface area contributed by atoms with Crippen LogP contribution in [0.3, 0.4) is 0 Å². The minimum absolute atomic E-state index is 0. The van der Waals surface area contributed by atoms with Gasteiger partial charge in [-0.3, -0.25) is 0 Å². The Labute approximate surface area is 40.7 Å². The van der Waals surface area contributed by atoms with Crippen molar-refractivity contribution in [2.45, 2.75) is 0 Å². The maximum atomic E-state index is 0. The van der Waals surface area contributed by atoms with Gasteiger partial charge in [-0.05, 0) is 0 Å². The average molecular weight is 172 g/mol. The molecule has 0 amide bonds. The predicted octanol–water partition coefficient (Wildman–Crippen LogP) is -12.0. The van der Waals surface area contributed by atoms with Gasteiger partial charge in [0.15, 0.2) is 0 Å². The Morgan fingerprint density at radius 1 is 0.400 bits per heavy atom. The molecular weight excluding hydrogens is 172 g/mol. The van der Waals surface area contributed by atoms with Crippen molar-refractivity contribution in [2.75, 3.05) is 0 Å². The van der Waals surface area contributed by atoms with Crippen molar-refractivity contribution >= 4 is 0 Å². The van der Waals surface area contributed by atoms with Gasteiger partial charge < -0.3 is 18.8 Å². The number of hydrogen-bond donors (Lipinski definition) is 0. The summed E-state index contributed by atoms with van der Waals surface area (Å²) in [7, 11) is 0. The molecule has 0 aliphatic carbocycles. The monoisotopic (exact) mass is 174 g/mol. The molecule has 0 aromatic heterocycles. The van der Waals surface area contributed by atoms with Gasteiger partial charge in [-0.25, -0.2) is 0 Å². The summed E-state index contributed by atoms with van der Waals surface area (Å²) in [4.78, 5) is 0. The quantitative estimate of drug-likeness (QED) is 0.251. The van der Waals surface area contributed by atoms with Crippen molar-refractivity contribution in [1.29, 1.82) is 0 Å². The third-order valence-corrected chi connectivity index (χ3v) is 0. The molecule has 0 aliphatic heterocycles. The Bertz CT molecular complexity index is 3.61. The fourth-order valence-corrected chi connectivity index (χ4v) is 0. The number of hydrogen-bond acceptors (Lipinski definition) is 0. The van der Waals surface area contributed by atoms with Crippen LogP contribution in [0.5, 0.6) is 0 Å². The van der Waals surface area contributed by atoms with Crippen LogP contribution >= 0.6 is 0 Å². The van der Waals surface area contributed by atoms with Gasteiger partial charge in [-0.15, -0.1) is 0 Å². The van der Waals surface area contributed by atoms with Crippen molar-refractivity contribution < 1.29 is 39.9 Å². The molecule has 0 saturated carbocycles. The van der Waals surface area contributed by atoms with E-state index in [4.69, 9.17) is 0 Å². The second-order valence-corrected chi connectivity index (χ2v) is 0. The topological polar surface area (TPSA) is 0 Å². The molecule has 0 atom stereocenters. The standard InChI is InChI=1S/4FH.Mo/h4*1H;/q;;;;+4/p-4. The largest absolute Gasteiger partial charge is 4.00 e. The van der Waals surface area contributed by atoms with Crippen LogP contribution < -0.4 is 18.8 Å². The third kappa shape index (κ3) is 153. The third-order valence-electron chi connectivity index (χ3n) is 0. The predicted molar refractivity (Wildman–Crippen MR) is 0 cm³/mol. The molecule has 0 unspecified atom stereocenters. The van der Waals surface area contributed by atoms with E-state index in [1.807, 2.05) is 0 Å². The fraction of sp³-hybridized carbons (Fsp3) is 0. The van der Waals surface area contributed by atoms with Crippen LogP contribution in [0.1, 0.15) is 0 Å². The molecule has 0 aliphatic rings. The average Bonchev–Trinajstić information content (AvgIpc) is 0. The Kier molecular flexibility index (Phi) is 38700. The molecule has 0 N–H and O–H groups in total. The molecule has 5 heavy (non-hydrogen) atoms. The summed E-state index contributed by atoms with van der Waals surface area (Å²) in [5, 5.41) is 0. The first-order chi connectivity index (χ1) is 0. The van der Waals surface area contributed by atoms with E-state index >= 15 is 0 Å². The molecule has 5 heteroatoms. The molecule has 0 aromatic carbocycles. The molecule has 0 heterocycles. The molecule has 34 valence electrons. The maximum Gasteiger partial charge on any atom is 4.00 e. The van der Waals surface area contributed by atoms with E-state index in [0.717, 1.165) is 0 Å². The fourth-order valence-electron chi connectivity index (χ4n) is 0. The first-order valence-electron chi connectivity index (χ1n) is 0. The number of halogens is 4. The Morgan fingerprint density at radius 3 is 0.400 bits per heavy atom. The summed E-state index contributed by atoms with van der Waals surface area (Å²) in [6, 6.07) is 0. The molecule has 0 fully saturated rings. The van der Waals surface area contributed by atoms with Gasteiger partial charge >= 0.3 is 21.1 Å². The van der Waals surface area contributed by atoms with Crippen molar-refractivity contribution in [3.05, 3.63) is 0 Å². The van der Waals surface area contributed by atoms with E-state index in [-0.39, 0.29) is 39.9 Å². The molecule has 0 nitrogen and oxygen atoms in total. The van der Waals surface area contributed by atoms with Gasteiger partial charge in [0.05, 0.1) is 0 Å². The number of rotatable bonds is 0. The zero-order valence-corrected chi connectivity index (χ0v) is 3.93. The van der Waals surface area contributed by atoms with Gasteiger partial charge in [0.1, 0.15) is 0 Å². The Balaban J connectivity index is 0. The summed E-state index contributed by atoms with van der Waals surface area (Å²) < 4.78 is 0. The molecular formula is F4Mo. The van der Waals surface area contributed by atoms with Crippen molar-refractivity contribution in [3.63, 3.8) is 0 Å². The van der Waals surface area contributed by atoms with E-state index in [1.54, 1.807) is 0 Å². The van der Waals surface area contributed by atoms with Crippen LogP contribution in [0.25, 0.3) is 0 Å². The van der Waals surface area contributed by atoms with E-state index in [1.165, 1.54) is 0 Å². The molecule has 0 saturated heterocycles. The van der Waals surface area contributed by atoms with Crippen LogP contribution in [0.4, 0.5) is 0 Å². The first kappa shape index (κ1) is 630. The van der Waals surface area contributed by atoms with Gasteiger partial charge in [0.25, 0.3) is 0 Å². The van der Waals surface area contributed by atoms with Crippen LogP contribution in [0, 0.1) is 0 Å². The molecule has 0 rings (SSSR count). The van der Waals surface area contributed by atoms with Gasteiger partial charge in [0.2, 0.25) is 0 Å². The van der Waals surface area contributed by atoms with Crippen LogP contribution in [0.15, 0.2) is 0 Å². The van der Waals surface area contributed by atoms with E-state index in [2.05, 4.69) is 0 Å². The minimum atomic E-state index is 0. The van der Waals surface area contributed by atoms with Gasteiger partial charge in [-0.2, -0.15) is 0 Å². The minimum Gasteiger partial charge on any atom is -1.00 e.